The van der Waals surface area contributed by atoms with Crippen LogP contribution in [0.15, 0.2) is 24.3 Å². The molecule has 0 spiro atoms. The average Bonchev–Trinajstić information content (AvgIpc) is 2.41. The number of rotatable bonds is 4. The summed E-state index contributed by atoms with van der Waals surface area (Å²) < 4.78 is 13.4. The van der Waals surface area contributed by atoms with Crippen LogP contribution in [0.3, 0.4) is 0 Å². The van der Waals surface area contributed by atoms with Crippen molar-refractivity contribution in [3.05, 3.63) is 30.1 Å². The highest BCUT2D eigenvalue weighted by Crippen LogP contribution is 2.16. The molecule has 4 heteroatoms. The summed E-state index contributed by atoms with van der Waals surface area (Å²) in [6.07, 6.45) is 2.71. The molecule has 0 aromatic heterocycles. The van der Waals surface area contributed by atoms with E-state index in [0.717, 1.165) is 19.5 Å². The maximum atomic E-state index is 13.4. The van der Waals surface area contributed by atoms with E-state index in [1.165, 1.54) is 12.5 Å². The van der Waals surface area contributed by atoms with Gasteiger partial charge in [-0.15, -0.1) is 0 Å². The van der Waals surface area contributed by atoms with E-state index >= 15 is 0 Å². The molecule has 19 heavy (non-hydrogen) atoms. The zero-order chi connectivity index (χ0) is 13.7. The fraction of sp³-hybridized carbons (Fsp3) is 0.533. The SMILES string of the molecule is CC1CCCN(C(=O)CCNc2ccccc2F)C1. The Labute approximate surface area is 113 Å². The number of amides is 1. The fourth-order valence-corrected chi connectivity index (χ4v) is 2.48. The Kier molecular flexibility index (Phi) is 4.77. The number of benzene rings is 1. The molecule has 1 aliphatic heterocycles. The molecule has 3 nitrogen and oxygen atoms in total. The van der Waals surface area contributed by atoms with Gasteiger partial charge >= 0.3 is 0 Å². The summed E-state index contributed by atoms with van der Waals surface area (Å²) in [7, 11) is 0. The lowest BCUT2D eigenvalue weighted by Crippen LogP contribution is -2.39. The largest absolute Gasteiger partial charge is 0.382 e. The van der Waals surface area contributed by atoms with Gasteiger partial charge in [0, 0.05) is 26.1 Å². The van der Waals surface area contributed by atoms with Gasteiger partial charge in [0.25, 0.3) is 0 Å². The maximum Gasteiger partial charge on any atom is 0.224 e. The Hall–Kier alpha value is -1.58. The summed E-state index contributed by atoms with van der Waals surface area (Å²) in [5, 5.41) is 2.97. The minimum Gasteiger partial charge on any atom is -0.382 e. The van der Waals surface area contributed by atoms with E-state index in [1.54, 1.807) is 18.2 Å². The summed E-state index contributed by atoms with van der Waals surface area (Å²) in [4.78, 5) is 13.9. The smallest absolute Gasteiger partial charge is 0.224 e. The van der Waals surface area contributed by atoms with E-state index in [0.29, 0.717) is 24.6 Å². The van der Waals surface area contributed by atoms with Gasteiger partial charge in [-0.05, 0) is 30.9 Å². The number of para-hydroxylation sites is 1. The van der Waals surface area contributed by atoms with Crippen LogP contribution >= 0.6 is 0 Å². The molecular formula is C15H21FN2O. The Morgan fingerprint density at radius 2 is 2.26 bits per heavy atom. The number of nitrogens with one attached hydrogen (secondary N) is 1. The molecule has 104 valence electrons. The number of nitrogens with zero attached hydrogens (tertiary/aromatic N) is 1. The zero-order valence-corrected chi connectivity index (χ0v) is 11.4. The van der Waals surface area contributed by atoms with Crippen molar-refractivity contribution in [1.82, 2.24) is 4.90 Å². The van der Waals surface area contributed by atoms with Crippen molar-refractivity contribution in [1.29, 1.82) is 0 Å². The van der Waals surface area contributed by atoms with Gasteiger partial charge < -0.3 is 10.2 Å². The van der Waals surface area contributed by atoms with E-state index in [9.17, 15) is 9.18 Å². The van der Waals surface area contributed by atoms with E-state index < -0.39 is 0 Å². The lowest BCUT2D eigenvalue weighted by Gasteiger charge is -2.31. The van der Waals surface area contributed by atoms with Crippen LogP contribution in [0.4, 0.5) is 10.1 Å². The van der Waals surface area contributed by atoms with Crippen LogP contribution in [-0.2, 0) is 4.79 Å². The van der Waals surface area contributed by atoms with Crippen molar-refractivity contribution >= 4 is 11.6 Å². The Balaban J connectivity index is 1.76. The maximum absolute atomic E-state index is 13.4. The second kappa shape index (κ2) is 6.55. The molecule has 0 aliphatic carbocycles. The third-order valence-corrected chi connectivity index (χ3v) is 3.54. The summed E-state index contributed by atoms with van der Waals surface area (Å²) in [6.45, 7) is 4.38. The molecule has 0 radical (unpaired) electrons. The number of hydrogen-bond donors (Lipinski definition) is 1. The first-order chi connectivity index (χ1) is 9.16. The number of carbonyl (C=O) groups excluding carboxylic acids is 1. The van der Waals surface area contributed by atoms with Crippen LogP contribution in [0.5, 0.6) is 0 Å². The van der Waals surface area contributed by atoms with Crippen LogP contribution in [-0.4, -0.2) is 30.4 Å². The van der Waals surface area contributed by atoms with Crippen molar-refractivity contribution in [2.24, 2.45) is 5.92 Å². The van der Waals surface area contributed by atoms with Gasteiger partial charge in [0.1, 0.15) is 5.82 Å². The summed E-state index contributed by atoms with van der Waals surface area (Å²) >= 11 is 0. The molecule has 1 saturated heterocycles. The van der Waals surface area contributed by atoms with Crippen LogP contribution in [0.1, 0.15) is 26.2 Å². The zero-order valence-electron chi connectivity index (χ0n) is 11.4. The molecule has 2 rings (SSSR count). The van der Waals surface area contributed by atoms with Crippen molar-refractivity contribution in [2.75, 3.05) is 25.0 Å². The number of halogens is 1. The molecule has 1 amide bonds. The van der Waals surface area contributed by atoms with Gasteiger partial charge in [-0.1, -0.05) is 19.1 Å². The molecule has 1 fully saturated rings. The number of likely N-dealkylation sites (tertiary alicyclic amines) is 1. The minimum absolute atomic E-state index is 0.162. The van der Waals surface area contributed by atoms with Gasteiger partial charge in [-0.2, -0.15) is 0 Å². The van der Waals surface area contributed by atoms with Crippen molar-refractivity contribution in [3.8, 4) is 0 Å². The molecule has 1 aromatic rings. The fourth-order valence-electron chi connectivity index (χ4n) is 2.48. The molecule has 1 unspecified atom stereocenters. The molecule has 1 N–H and O–H groups in total. The predicted octanol–water partition coefficient (Wildman–Crippen LogP) is 2.89. The minimum atomic E-state index is -0.276. The van der Waals surface area contributed by atoms with Crippen LogP contribution < -0.4 is 5.32 Å². The number of piperidine rings is 1. The summed E-state index contributed by atoms with van der Waals surface area (Å²) in [5.74, 6) is 0.481. The van der Waals surface area contributed by atoms with E-state index in [-0.39, 0.29) is 11.7 Å². The third kappa shape index (κ3) is 3.94. The number of hydrogen-bond acceptors (Lipinski definition) is 2. The van der Waals surface area contributed by atoms with Gasteiger partial charge in [-0.25, -0.2) is 4.39 Å². The second-order valence-corrected chi connectivity index (χ2v) is 5.24. The molecule has 1 heterocycles. The first-order valence-corrected chi connectivity index (χ1v) is 6.93. The van der Waals surface area contributed by atoms with E-state index in [4.69, 9.17) is 0 Å². The van der Waals surface area contributed by atoms with E-state index in [1.807, 2.05) is 4.90 Å². The first kappa shape index (κ1) is 13.8. The van der Waals surface area contributed by atoms with Crippen LogP contribution in [0, 0.1) is 11.7 Å². The first-order valence-electron chi connectivity index (χ1n) is 6.93. The predicted molar refractivity (Wildman–Crippen MR) is 74.5 cm³/mol. The number of carbonyl (C=O) groups is 1. The lowest BCUT2D eigenvalue weighted by molar-refractivity contribution is -0.132. The Morgan fingerprint density at radius 3 is 3.00 bits per heavy atom. The quantitative estimate of drug-likeness (QED) is 0.907. The lowest BCUT2D eigenvalue weighted by atomic mass is 10.00. The highest BCUT2D eigenvalue weighted by molar-refractivity contribution is 5.76. The molecule has 1 aromatic carbocycles. The highest BCUT2D eigenvalue weighted by atomic mass is 19.1. The van der Waals surface area contributed by atoms with Gasteiger partial charge in [0.15, 0.2) is 0 Å². The summed E-state index contributed by atoms with van der Waals surface area (Å²) in [5.41, 5.74) is 0.460. The molecule has 1 aliphatic rings. The average molecular weight is 264 g/mol. The van der Waals surface area contributed by atoms with Crippen molar-refractivity contribution in [3.63, 3.8) is 0 Å². The molecular weight excluding hydrogens is 243 g/mol. The number of anilines is 1. The summed E-state index contributed by atoms with van der Waals surface area (Å²) in [6, 6.07) is 6.53. The molecule has 1 atom stereocenters. The monoisotopic (exact) mass is 264 g/mol. The normalized spacial score (nSPS) is 19.3. The third-order valence-electron chi connectivity index (χ3n) is 3.54. The highest BCUT2D eigenvalue weighted by Gasteiger charge is 2.20. The van der Waals surface area contributed by atoms with Gasteiger partial charge in [-0.3, -0.25) is 4.79 Å². The Bertz CT molecular complexity index is 436. The topological polar surface area (TPSA) is 32.3 Å². The van der Waals surface area contributed by atoms with Crippen LogP contribution in [0.2, 0.25) is 0 Å². The standard InChI is InChI=1S/C15H21FN2O/c1-12-5-4-10-18(11-12)15(19)8-9-17-14-7-3-2-6-13(14)16/h2-3,6-7,12,17H,4-5,8-11H2,1H3. The second-order valence-electron chi connectivity index (χ2n) is 5.24. The van der Waals surface area contributed by atoms with Crippen molar-refractivity contribution < 1.29 is 9.18 Å². The van der Waals surface area contributed by atoms with E-state index in [2.05, 4.69) is 12.2 Å². The Morgan fingerprint density at radius 1 is 1.47 bits per heavy atom. The molecule has 0 saturated carbocycles. The van der Waals surface area contributed by atoms with Gasteiger partial charge in [0.05, 0.1) is 5.69 Å². The van der Waals surface area contributed by atoms with Gasteiger partial charge in [0.2, 0.25) is 5.91 Å². The van der Waals surface area contributed by atoms with Crippen LogP contribution in [0.25, 0.3) is 0 Å². The molecule has 0 bridgehead atoms. The van der Waals surface area contributed by atoms with Crippen molar-refractivity contribution in [2.45, 2.75) is 26.2 Å².